The zero-order valence-corrected chi connectivity index (χ0v) is 12.1. The number of hydrogen-bond acceptors (Lipinski definition) is 4. The van der Waals surface area contributed by atoms with Gasteiger partial charge in [-0.05, 0) is 35.3 Å². The van der Waals surface area contributed by atoms with Gasteiger partial charge in [0, 0.05) is 19.6 Å². The number of aromatic nitrogens is 2. The van der Waals surface area contributed by atoms with E-state index in [9.17, 15) is 4.79 Å². The minimum atomic E-state index is 0.134. The van der Waals surface area contributed by atoms with Crippen molar-refractivity contribution < 1.29 is 9.53 Å². The maximum absolute atomic E-state index is 12.3. The van der Waals surface area contributed by atoms with Gasteiger partial charge in [-0.3, -0.25) is 9.48 Å². The highest BCUT2D eigenvalue weighted by molar-refractivity contribution is 9.10. The molecule has 2 rings (SSSR count). The van der Waals surface area contributed by atoms with E-state index in [1.54, 1.807) is 18.0 Å². The van der Waals surface area contributed by atoms with Crippen LogP contribution in [0.25, 0.3) is 0 Å². The highest BCUT2D eigenvalue weighted by Gasteiger charge is 2.23. The lowest BCUT2D eigenvalue weighted by atomic mass is 10.1. The van der Waals surface area contributed by atoms with Crippen molar-refractivity contribution in [2.75, 3.05) is 20.3 Å². The molecule has 0 aliphatic carbocycles. The molecule has 6 heteroatoms. The van der Waals surface area contributed by atoms with E-state index in [1.807, 2.05) is 0 Å². The Morgan fingerprint density at radius 2 is 2.56 bits per heavy atom. The summed E-state index contributed by atoms with van der Waals surface area (Å²) in [5.74, 6) is 0.134. The predicted octanol–water partition coefficient (Wildman–Crippen LogP) is 1.62. The Morgan fingerprint density at radius 3 is 3.22 bits per heavy atom. The number of hydrogen-bond donors (Lipinski definition) is 1. The summed E-state index contributed by atoms with van der Waals surface area (Å²) in [6.45, 7) is 2.17. The van der Waals surface area contributed by atoms with Gasteiger partial charge in [0.25, 0.3) is 0 Å². The van der Waals surface area contributed by atoms with Gasteiger partial charge in [-0.25, -0.2) is 0 Å². The highest BCUT2D eigenvalue weighted by Crippen LogP contribution is 2.20. The quantitative estimate of drug-likeness (QED) is 0.810. The van der Waals surface area contributed by atoms with Gasteiger partial charge >= 0.3 is 0 Å². The molecule has 5 nitrogen and oxygen atoms in total. The van der Waals surface area contributed by atoms with Crippen molar-refractivity contribution >= 4 is 21.7 Å². The summed E-state index contributed by atoms with van der Waals surface area (Å²) in [6, 6.07) is 0.315. The second-order valence-electron chi connectivity index (χ2n) is 4.48. The van der Waals surface area contributed by atoms with Crippen LogP contribution in [-0.2, 0) is 11.3 Å². The molecule has 0 bridgehead atoms. The molecule has 1 saturated heterocycles. The Bertz CT molecular complexity index is 413. The number of methoxy groups -OCH3 is 1. The van der Waals surface area contributed by atoms with Crippen LogP contribution in [0.4, 0.5) is 0 Å². The second kappa shape index (κ2) is 6.45. The highest BCUT2D eigenvalue weighted by atomic mass is 79.9. The third-order valence-electron chi connectivity index (χ3n) is 3.16. The summed E-state index contributed by atoms with van der Waals surface area (Å²) < 4.78 is 7.50. The summed E-state index contributed by atoms with van der Waals surface area (Å²) >= 11 is 3.39. The largest absolute Gasteiger partial charge is 0.383 e. The summed E-state index contributed by atoms with van der Waals surface area (Å²) in [5.41, 5.74) is 0.653. The van der Waals surface area contributed by atoms with E-state index < -0.39 is 0 Å². The lowest BCUT2D eigenvalue weighted by molar-refractivity contribution is 0.0956. The van der Waals surface area contributed by atoms with Crippen molar-refractivity contribution in [3.63, 3.8) is 0 Å². The van der Waals surface area contributed by atoms with E-state index in [0.717, 1.165) is 23.9 Å². The number of ketones is 1. The summed E-state index contributed by atoms with van der Waals surface area (Å²) in [7, 11) is 1.64. The Balaban J connectivity index is 2.05. The number of carbonyl (C=O) groups is 1. The summed E-state index contributed by atoms with van der Waals surface area (Å²) in [6.07, 6.45) is 4.44. The topological polar surface area (TPSA) is 56.2 Å². The van der Waals surface area contributed by atoms with Gasteiger partial charge in [0.2, 0.25) is 0 Å². The van der Waals surface area contributed by atoms with Gasteiger partial charge in [0.1, 0.15) is 5.69 Å². The lowest BCUT2D eigenvalue weighted by Crippen LogP contribution is -2.26. The maximum Gasteiger partial charge on any atom is 0.183 e. The first-order valence-corrected chi connectivity index (χ1v) is 6.98. The number of carbonyl (C=O) groups excluding carboxylic acids is 1. The van der Waals surface area contributed by atoms with Gasteiger partial charge in [-0.15, -0.1) is 0 Å². The first kappa shape index (κ1) is 13.7. The molecule has 0 radical (unpaired) electrons. The first-order chi connectivity index (χ1) is 8.72. The number of nitrogens with one attached hydrogen (secondary N) is 1. The molecule has 100 valence electrons. The van der Waals surface area contributed by atoms with Gasteiger partial charge in [-0.2, -0.15) is 5.10 Å². The molecule has 0 aromatic carbocycles. The number of nitrogens with zero attached hydrogens (tertiary/aromatic N) is 2. The van der Waals surface area contributed by atoms with Gasteiger partial charge < -0.3 is 10.1 Å². The van der Waals surface area contributed by atoms with E-state index in [4.69, 9.17) is 4.74 Å². The molecule has 2 heterocycles. The zero-order valence-electron chi connectivity index (χ0n) is 10.5. The zero-order chi connectivity index (χ0) is 13.0. The first-order valence-electron chi connectivity index (χ1n) is 6.19. The lowest BCUT2D eigenvalue weighted by Gasteiger charge is -2.11. The third kappa shape index (κ3) is 3.18. The molecular weight excluding hydrogens is 298 g/mol. The number of Topliss-reactive ketones (excluding diaryl/α,β-unsaturated/α-hetero) is 1. The molecule has 0 saturated carbocycles. The Kier molecular flexibility index (Phi) is 4.91. The van der Waals surface area contributed by atoms with Crippen molar-refractivity contribution in [2.45, 2.75) is 31.8 Å². The van der Waals surface area contributed by atoms with Crippen LogP contribution >= 0.6 is 15.9 Å². The fourth-order valence-electron chi connectivity index (χ4n) is 2.24. The van der Waals surface area contributed by atoms with Crippen molar-refractivity contribution in [3.8, 4) is 0 Å². The SMILES string of the molecule is COCCn1ncc(Br)c1C(=O)CC1CCCN1. The predicted molar refractivity (Wildman–Crippen MR) is 71.8 cm³/mol. The van der Waals surface area contributed by atoms with Crippen LogP contribution in [0.2, 0.25) is 0 Å². The van der Waals surface area contributed by atoms with Crippen LogP contribution in [0.5, 0.6) is 0 Å². The van der Waals surface area contributed by atoms with Gasteiger partial charge in [0.05, 0.1) is 23.8 Å². The van der Waals surface area contributed by atoms with Crippen LogP contribution in [-0.4, -0.2) is 41.9 Å². The number of halogens is 1. The van der Waals surface area contributed by atoms with Crippen molar-refractivity contribution in [2.24, 2.45) is 0 Å². The van der Waals surface area contributed by atoms with E-state index in [0.29, 0.717) is 31.3 Å². The molecule has 0 spiro atoms. The van der Waals surface area contributed by atoms with Crippen LogP contribution in [0.3, 0.4) is 0 Å². The van der Waals surface area contributed by atoms with E-state index in [-0.39, 0.29) is 5.78 Å². The molecule has 1 N–H and O–H groups in total. The van der Waals surface area contributed by atoms with Crippen molar-refractivity contribution in [3.05, 3.63) is 16.4 Å². The fraction of sp³-hybridized carbons (Fsp3) is 0.667. The summed E-state index contributed by atoms with van der Waals surface area (Å²) in [4.78, 5) is 12.3. The third-order valence-corrected chi connectivity index (χ3v) is 3.74. The average Bonchev–Trinajstić information content (AvgIpc) is 2.96. The fourth-order valence-corrected chi connectivity index (χ4v) is 2.76. The minimum absolute atomic E-state index is 0.134. The molecule has 1 fully saturated rings. The molecule has 1 aliphatic heterocycles. The molecule has 0 amide bonds. The van der Waals surface area contributed by atoms with Gasteiger partial charge in [0.15, 0.2) is 5.78 Å². The second-order valence-corrected chi connectivity index (χ2v) is 5.33. The standard InChI is InChI=1S/C12H18BrN3O2/c1-18-6-5-16-12(10(13)8-15-16)11(17)7-9-3-2-4-14-9/h8-9,14H,2-7H2,1H3. The van der Waals surface area contributed by atoms with Crippen molar-refractivity contribution in [1.82, 2.24) is 15.1 Å². The molecular formula is C12H18BrN3O2. The van der Waals surface area contributed by atoms with E-state index in [1.165, 1.54) is 0 Å². The minimum Gasteiger partial charge on any atom is -0.383 e. The Labute approximate surface area is 115 Å². The average molecular weight is 316 g/mol. The molecule has 1 aliphatic rings. The number of rotatable bonds is 6. The number of ether oxygens (including phenoxy) is 1. The Morgan fingerprint density at radius 1 is 1.72 bits per heavy atom. The van der Waals surface area contributed by atoms with Crippen molar-refractivity contribution in [1.29, 1.82) is 0 Å². The molecule has 1 unspecified atom stereocenters. The van der Waals surface area contributed by atoms with Crippen LogP contribution < -0.4 is 5.32 Å². The van der Waals surface area contributed by atoms with Gasteiger partial charge in [-0.1, -0.05) is 0 Å². The molecule has 1 aromatic rings. The molecule has 1 aromatic heterocycles. The van der Waals surface area contributed by atoms with Crippen LogP contribution in [0.15, 0.2) is 10.7 Å². The van der Waals surface area contributed by atoms with Crippen LogP contribution in [0.1, 0.15) is 29.8 Å². The van der Waals surface area contributed by atoms with Crippen LogP contribution in [0, 0.1) is 0 Å². The Hall–Kier alpha value is -0.720. The smallest absolute Gasteiger partial charge is 0.183 e. The maximum atomic E-state index is 12.3. The monoisotopic (exact) mass is 315 g/mol. The normalized spacial score (nSPS) is 19.3. The summed E-state index contributed by atoms with van der Waals surface area (Å²) in [5, 5.41) is 7.54. The molecule has 18 heavy (non-hydrogen) atoms. The molecule has 1 atom stereocenters. The van der Waals surface area contributed by atoms with E-state index in [2.05, 4.69) is 26.3 Å². The van der Waals surface area contributed by atoms with E-state index >= 15 is 0 Å².